The molecule has 0 aliphatic heterocycles. The Bertz CT molecular complexity index is 686. The first-order valence-electron chi connectivity index (χ1n) is 9.39. The fourth-order valence-electron chi connectivity index (χ4n) is 3.73. The van der Waals surface area contributed by atoms with Crippen LogP contribution < -0.4 is 4.74 Å². The van der Waals surface area contributed by atoms with E-state index in [9.17, 15) is 13.2 Å². The van der Waals surface area contributed by atoms with Crippen LogP contribution in [0.15, 0.2) is 42.5 Å². The molecule has 2 aromatic carbocycles. The van der Waals surface area contributed by atoms with Crippen molar-refractivity contribution in [2.45, 2.75) is 51.6 Å². The molecule has 0 N–H and O–H groups in total. The summed E-state index contributed by atoms with van der Waals surface area (Å²) in [5, 5.41) is 0. The molecule has 1 fully saturated rings. The maximum atomic E-state index is 13.5. The SMILES string of the molecule is C[C@H]1CC[C@H](CCC(Oc2cc(F)c(F)c(F)c2)c2ccccc2)CC1. The number of halogens is 3. The summed E-state index contributed by atoms with van der Waals surface area (Å²) in [5.74, 6) is -2.43. The summed E-state index contributed by atoms with van der Waals surface area (Å²) in [5.41, 5.74) is 0.960. The number of benzene rings is 2. The molecule has 0 spiro atoms. The molecule has 1 aliphatic rings. The van der Waals surface area contributed by atoms with Gasteiger partial charge in [-0.15, -0.1) is 0 Å². The topological polar surface area (TPSA) is 9.23 Å². The van der Waals surface area contributed by atoms with Gasteiger partial charge in [0.05, 0.1) is 0 Å². The van der Waals surface area contributed by atoms with Gasteiger partial charge in [0.1, 0.15) is 11.9 Å². The summed E-state index contributed by atoms with van der Waals surface area (Å²) in [4.78, 5) is 0. The molecule has 0 bridgehead atoms. The monoisotopic (exact) mass is 362 g/mol. The van der Waals surface area contributed by atoms with E-state index in [1.165, 1.54) is 25.7 Å². The summed E-state index contributed by atoms with van der Waals surface area (Å²) in [6, 6.07) is 11.5. The molecule has 2 aromatic rings. The minimum absolute atomic E-state index is 0.0209. The van der Waals surface area contributed by atoms with Gasteiger partial charge in [-0.1, -0.05) is 62.9 Å². The Balaban J connectivity index is 1.72. The van der Waals surface area contributed by atoms with Crippen LogP contribution in [0, 0.1) is 29.3 Å². The number of ether oxygens (including phenoxy) is 1. The molecular weight excluding hydrogens is 337 g/mol. The van der Waals surface area contributed by atoms with E-state index < -0.39 is 17.5 Å². The van der Waals surface area contributed by atoms with Crippen molar-refractivity contribution in [1.82, 2.24) is 0 Å². The fourth-order valence-corrected chi connectivity index (χ4v) is 3.73. The van der Waals surface area contributed by atoms with Crippen molar-refractivity contribution in [2.75, 3.05) is 0 Å². The highest BCUT2D eigenvalue weighted by atomic mass is 19.2. The Morgan fingerprint density at radius 1 is 0.962 bits per heavy atom. The van der Waals surface area contributed by atoms with Gasteiger partial charge in [-0.3, -0.25) is 0 Å². The highest BCUT2D eigenvalue weighted by Crippen LogP contribution is 2.35. The van der Waals surface area contributed by atoms with Crippen LogP contribution in [0.2, 0.25) is 0 Å². The molecule has 1 nitrogen and oxygen atoms in total. The molecule has 1 saturated carbocycles. The lowest BCUT2D eigenvalue weighted by atomic mass is 9.80. The van der Waals surface area contributed by atoms with Crippen LogP contribution in [0.3, 0.4) is 0 Å². The van der Waals surface area contributed by atoms with Gasteiger partial charge in [0.15, 0.2) is 17.5 Å². The third kappa shape index (κ3) is 4.80. The molecular formula is C22H25F3O. The third-order valence-corrected chi connectivity index (χ3v) is 5.38. The van der Waals surface area contributed by atoms with Crippen LogP contribution in [-0.4, -0.2) is 0 Å². The Hall–Kier alpha value is -1.97. The van der Waals surface area contributed by atoms with E-state index in [4.69, 9.17) is 4.74 Å². The minimum atomic E-state index is -1.47. The summed E-state index contributed by atoms with van der Waals surface area (Å²) in [6.07, 6.45) is 6.44. The Morgan fingerprint density at radius 2 is 1.58 bits per heavy atom. The normalized spacial score (nSPS) is 21.4. The highest BCUT2D eigenvalue weighted by molar-refractivity contribution is 5.27. The van der Waals surface area contributed by atoms with Crippen molar-refractivity contribution in [3.8, 4) is 5.75 Å². The van der Waals surface area contributed by atoms with Crippen molar-refractivity contribution in [3.63, 3.8) is 0 Å². The zero-order valence-electron chi connectivity index (χ0n) is 15.1. The Morgan fingerprint density at radius 3 is 2.19 bits per heavy atom. The van der Waals surface area contributed by atoms with Gasteiger partial charge in [0, 0.05) is 12.1 Å². The zero-order chi connectivity index (χ0) is 18.5. The summed E-state index contributed by atoms with van der Waals surface area (Å²) in [7, 11) is 0. The maximum Gasteiger partial charge on any atom is 0.194 e. The van der Waals surface area contributed by atoms with Crippen LogP contribution in [0.4, 0.5) is 13.2 Å². The molecule has 0 radical (unpaired) electrons. The standard InChI is InChI=1S/C22H25F3O/c1-15-7-9-16(10-8-15)11-12-21(17-5-3-2-4-6-17)26-18-13-19(23)22(25)20(24)14-18/h2-6,13-16,21H,7-12H2,1H3/t15-,16-,21?. The molecule has 1 unspecified atom stereocenters. The van der Waals surface area contributed by atoms with Gasteiger partial charge in [-0.25, -0.2) is 13.2 Å². The predicted molar refractivity (Wildman–Crippen MR) is 96.5 cm³/mol. The van der Waals surface area contributed by atoms with E-state index in [-0.39, 0.29) is 11.9 Å². The van der Waals surface area contributed by atoms with Gasteiger partial charge >= 0.3 is 0 Å². The highest BCUT2D eigenvalue weighted by Gasteiger charge is 2.22. The first-order valence-corrected chi connectivity index (χ1v) is 9.39. The lowest BCUT2D eigenvalue weighted by molar-refractivity contribution is 0.169. The van der Waals surface area contributed by atoms with Crippen molar-refractivity contribution in [3.05, 3.63) is 65.5 Å². The zero-order valence-corrected chi connectivity index (χ0v) is 15.1. The van der Waals surface area contributed by atoms with E-state index in [2.05, 4.69) is 6.92 Å². The average Bonchev–Trinajstić information content (AvgIpc) is 2.65. The maximum absolute atomic E-state index is 13.5. The van der Waals surface area contributed by atoms with E-state index in [0.717, 1.165) is 36.5 Å². The van der Waals surface area contributed by atoms with E-state index in [0.29, 0.717) is 5.92 Å². The molecule has 0 amide bonds. The van der Waals surface area contributed by atoms with E-state index in [1.54, 1.807) is 0 Å². The fraction of sp³-hybridized carbons (Fsp3) is 0.455. The van der Waals surface area contributed by atoms with Crippen molar-refractivity contribution >= 4 is 0 Å². The van der Waals surface area contributed by atoms with Crippen LogP contribution in [-0.2, 0) is 0 Å². The molecule has 4 heteroatoms. The first-order chi connectivity index (χ1) is 12.5. The lowest BCUT2D eigenvalue weighted by Crippen LogP contribution is -2.15. The smallest absolute Gasteiger partial charge is 0.194 e. The van der Waals surface area contributed by atoms with Crippen LogP contribution >= 0.6 is 0 Å². The number of rotatable bonds is 6. The van der Waals surface area contributed by atoms with Crippen LogP contribution in [0.1, 0.15) is 57.1 Å². The summed E-state index contributed by atoms with van der Waals surface area (Å²) >= 11 is 0. The molecule has 1 aliphatic carbocycles. The van der Waals surface area contributed by atoms with E-state index >= 15 is 0 Å². The average molecular weight is 362 g/mol. The molecule has 140 valence electrons. The minimum Gasteiger partial charge on any atom is -0.486 e. The van der Waals surface area contributed by atoms with E-state index in [1.807, 2.05) is 30.3 Å². The molecule has 0 saturated heterocycles. The second-order valence-electron chi connectivity index (χ2n) is 7.42. The molecule has 26 heavy (non-hydrogen) atoms. The summed E-state index contributed by atoms with van der Waals surface area (Å²) in [6.45, 7) is 2.30. The third-order valence-electron chi connectivity index (χ3n) is 5.38. The van der Waals surface area contributed by atoms with Gasteiger partial charge in [-0.05, 0) is 30.2 Å². The molecule has 0 aromatic heterocycles. The predicted octanol–water partition coefficient (Wildman–Crippen LogP) is 6.83. The van der Waals surface area contributed by atoms with Crippen molar-refractivity contribution in [1.29, 1.82) is 0 Å². The first kappa shape index (κ1) is 18.8. The van der Waals surface area contributed by atoms with Gasteiger partial charge in [0.2, 0.25) is 0 Å². The van der Waals surface area contributed by atoms with Gasteiger partial charge < -0.3 is 4.74 Å². The lowest BCUT2D eigenvalue weighted by Gasteiger charge is -2.28. The van der Waals surface area contributed by atoms with Gasteiger partial charge in [0.25, 0.3) is 0 Å². The van der Waals surface area contributed by atoms with Crippen LogP contribution in [0.5, 0.6) is 5.75 Å². The number of hydrogen-bond acceptors (Lipinski definition) is 1. The second kappa shape index (κ2) is 8.61. The largest absolute Gasteiger partial charge is 0.486 e. The van der Waals surface area contributed by atoms with Crippen molar-refractivity contribution in [2.24, 2.45) is 11.8 Å². The van der Waals surface area contributed by atoms with Crippen LogP contribution in [0.25, 0.3) is 0 Å². The molecule has 1 atom stereocenters. The summed E-state index contributed by atoms with van der Waals surface area (Å²) < 4.78 is 46.1. The molecule has 3 rings (SSSR count). The number of hydrogen-bond donors (Lipinski definition) is 0. The van der Waals surface area contributed by atoms with Gasteiger partial charge in [-0.2, -0.15) is 0 Å². The quantitative estimate of drug-likeness (QED) is 0.512. The Kier molecular flexibility index (Phi) is 6.23. The Labute approximate surface area is 153 Å². The second-order valence-corrected chi connectivity index (χ2v) is 7.42. The van der Waals surface area contributed by atoms with Crippen molar-refractivity contribution < 1.29 is 17.9 Å². The molecule has 0 heterocycles.